The molecule has 0 aromatic heterocycles. The van der Waals surface area contributed by atoms with Crippen molar-refractivity contribution in [3.05, 3.63) is 48.5 Å². The molecular formula is C13H12F2O2. The van der Waals surface area contributed by atoms with Crippen molar-refractivity contribution < 1.29 is 19.0 Å². The largest absolute Gasteiger partial charge is 0.504 e. The zero-order valence-electron chi connectivity index (χ0n) is 8.98. The highest BCUT2D eigenvalue weighted by atomic mass is 19.3. The lowest BCUT2D eigenvalue weighted by Crippen LogP contribution is -1.78. The minimum atomic E-state index is -1.75. The van der Waals surface area contributed by atoms with Gasteiger partial charge in [-0.2, -0.15) is 0 Å². The van der Waals surface area contributed by atoms with Crippen LogP contribution in [0.15, 0.2) is 48.5 Å². The van der Waals surface area contributed by atoms with Crippen LogP contribution in [0.1, 0.15) is 0 Å². The number of halogens is 2. The van der Waals surface area contributed by atoms with E-state index in [0.717, 1.165) is 5.56 Å². The molecule has 0 fully saturated rings. The number of hydrogen-bond donors (Lipinski definition) is 2. The van der Waals surface area contributed by atoms with Gasteiger partial charge in [0.15, 0.2) is 11.5 Å². The van der Waals surface area contributed by atoms with Crippen molar-refractivity contribution in [2.45, 2.75) is 0 Å². The second kappa shape index (κ2) is 6.48. The highest BCUT2D eigenvalue weighted by Gasteiger charge is 2.06. The average molecular weight is 238 g/mol. The van der Waals surface area contributed by atoms with Crippen molar-refractivity contribution in [2.24, 2.45) is 0 Å². The molecule has 0 aliphatic carbocycles. The van der Waals surface area contributed by atoms with Gasteiger partial charge >= 0.3 is 0 Å². The first-order chi connectivity index (χ1) is 8.20. The molecule has 0 amide bonds. The molecule has 2 aromatic rings. The second-order valence-corrected chi connectivity index (χ2v) is 3.14. The van der Waals surface area contributed by atoms with Gasteiger partial charge in [-0.25, -0.2) is 8.78 Å². The maximum atomic E-state index is 9.62. The molecule has 2 rings (SSSR count). The van der Waals surface area contributed by atoms with Gasteiger partial charge in [-0.05, 0) is 11.6 Å². The molecule has 4 heteroatoms. The molecule has 0 saturated heterocycles. The van der Waals surface area contributed by atoms with Crippen LogP contribution in [0, 0.1) is 0 Å². The summed E-state index contributed by atoms with van der Waals surface area (Å²) in [6, 6.07) is 14.4. The van der Waals surface area contributed by atoms with Crippen molar-refractivity contribution in [1.29, 1.82) is 0 Å². The molecule has 90 valence electrons. The van der Waals surface area contributed by atoms with Gasteiger partial charge in [-0.1, -0.05) is 42.5 Å². The number of phenolic OH excluding ortho intramolecular Hbond substituents is 2. The molecule has 0 atom stereocenters. The molecule has 0 aliphatic heterocycles. The summed E-state index contributed by atoms with van der Waals surface area (Å²) >= 11 is 0. The number of aromatic hydroxyl groups is 2. The predicted molar refractivity (Wildman–Crippen MR) is 62.3 cm³/mol. The van der Waals surface area contributed by atoms with Crippen molar-refractivity contribution in [3.8, 4) is 22.6 Å². The lowest BCUT2D eigenvalue weighted by atomic mass is 10.0. The Morgan fingerprint density at radius 2 is 1.41 bits per heavy atom. The van der Waals surface area contributed by atoms with Crippen LogP contribution in [0.5, 0.6) is 11.5 Å². The number of phenols is 2. The van der Waals surface area contributed by atoms with E-state index in [4.69, 9.17) is 0 Å². The average Bonchev–Trinajstić information content (AvgIpc) is 2.35. The first kappa shape index (κ1) is 13.0. The van der Waals surface area contributed by atoms with Crippen molar-refractivity contribution >= 4 is 0 Å². The van der Waals surface area contributed by atoms with Crippen LogP contribution in [0.3, 0.4) is 0 Å². The Hall–Kier alpha value is -2.10. The number of alkyl halides is 2. The van der Waals surface area contributed by atoms with Crippen LogP contribution in [0.2, 0.25) is 0 Å². The van der Waals surface area contributed by atoms with E-state index in [2.05, 4.69) is 0 Å². The lowest BCUT2D eigenvalue weighted by Gasteiger charge is -2.05. The Morgan fingerprint density at radius 3 is 2.00 bits per heavy atom. The van der Waals surface area contributed by atoms with Gasteiger partial charge in [0.2, 0.25) is 6.93 Å². The predicted octanol–water partition coefficient (Wildman–Crippen LogP) is 3.65. The summed E-state index contributed by atoms with van der Waals surface area (Å²) in [4.78, 5) is 0. The zero-order chi connectivity index (χ0) is 12.7. The summed E-state index contributed by atoms with van der Waals surface area (Å²) in [5.41, 5.74) is 1.53. The molecule has 0 unspecified atom stereocenters. The van der Waals surface area contributed by atoms with Crippen LogP contribution < -0.4 is 0 Å². The van der Waals surface area contributed by atoms with Crippen LogP contribution in [-0.2, 0) is 0 Å². The third kappa shape index (κ3) is 3.45. The van der Waals surface area contributed by atoms with Crippen molar-refractivity contribution in [1.82, 2.24) is 0 Å². The van der Waals surface area contributed by atoms with Gasteiger partial charge in [0.25, 0.3) is 0 Å². The number of benzene rings is 2. The van der Waals surface area contributed by atoms with E-state index < -0.39 is 6.93 Å². The minimum absolute atomic E-state index is 0.0706. The monoisotopic (exact) mass is 238 g/mol. The van der Waals surface area contributed by atoms with Gasteiger partial charge in [-0.15, -0.1) is 0 Å². The molecule has 0 aliphatic rings. The van der Waals surface area contributed by atoms with E-state index in [0.29, 0.717) is 5.56 Å². The molecule has 0 spiro atoms. The molecule has 0 bridgehead atoms. The van der Waals surface area contributed by atoms with E-state index in [1.165, 1.54) is 6.07 Å². The number of hydrogen-bond acceptors (Lipinski definition) is 2. The Labute approximate surface area is 97.8 Å². The summed E-state index contributed by atoms with van der Waals surface area (Å²) in [5.74, 6) is -0.162. The summed E-state index contributed by atoms with van der Waals surface area (Å²) < 4.78 is 19.2. The van der Waals surface area contributed by atoms with Crippen LogP contribution in [0.25, 0.3) is 11.1 Å². The topological polar surface area (TPSA) is 40.5 Å². The van der Waals surface area contributed by atoms with Gasteiger partial charge in [-0.3, -0.25) is 0 Å². The van der Waals surface area contributed by atoms with Crippen molar-refractivity contribution in [3.63, 3.8) is 0 Å². The Balaban J connectivity index is 0.000000437. The van der Waals surface area contributed by atoms with Gasteiger partial charge in [0.1, 0.15) is 0 Å². The fourth-order valence-electron chi connectivity index (χ4n) is 1.38. The zero-order valence-corrected chi connectivity index (χ0v) is 8.98. The molecule has 17 heavy (non-hydrogen) atoms. The normalized spacial score (nSPS) is 9.29. The van der Waals surface area contributed by atoms with E-state index in [1.54, 1.807) is 12.1 Å². The van der Waals surface area contributed by atoms with E-state index >= 15 is 0 Å². The highest BCUT2D eigenvalue weighted by Crippen LogP contribution is 2.35. The fraction of sp³-hybridized carbons (Fsp3) is 0.0769. The van der Waals surface area contributed by atoms with E-state index in [-0.39, 0.29) is 11.5 Å². The summed E-state index contributed by atoms with van der Waals surface area (Å²) in [5, 5.41) is 18.9. The van der Waals surface area contributed by atoms with Crippen LogP contribution in [-0.4, -0.2) is 17.1 Å². The van der Waals surface area contributed by atoms with Crippen LogP contribution >= 0.6 is 0 Å². The van der Waals surface area contributed by atoms with Crippen molar-refractivity contribution in [2.75, 3.05) is 6.93 Å². The SMILES string of the molecule is FCF.Oc1cccc(-c2ccccc2)c1O. The first-order valence-electron chi connectivity index (χ1n) is 4.89. The Kier molecular flexibility index (Phi) is 4.94. The molecular weight excluding hydrogens is 226 g/mol. The third-order valence-electron chi connectivity index (χ3n) is 2.10. The first-order valence-corrected chi connectivity index (χ1v) is 4.89. The summed E-state index contributed by atoms with van der Waals surface area (Å²) in [7, 11) is 0. The second-order valence-electron chi connectivity index (χ2n) is 3.14. The van der Waals surface area contributed by atoms with E-state index in [1.807, 2.05) is 30.3 Å². The van der Waals surface area contributed by atoms with Gasteiger partial charge in [0.05, 0.1) is 0 Å². The smallest absolute Gasteiger partial charge is 0.229 e. The lowest BCUT2D eigenvalue weighted by molar-refractivity contribution is 0.295. The maximum absolute atomic E-state index is 9.62. The summed E-state index contributed by atoms with van der Waals surface area (Å²) in [6.45, 7) is -1.75. The van der Waals surface area contributed by atoms with Gasteiger partial charge < -0.3 is 10.2 Å². The molecule has 0 radical (unpaired) electrons. The van der Waals surface area contributed by atoms with E-state index in [9.17, 15) is 19.0 Å². The molecule has 0 heterocycles. The Bertz CT molecular complexity index is 458. The molecule has 2 N–H and O–H groups in total. The minimum Gasteiger partial charge on any atom is -0.504 e. The molecule has 2 aromatic carbocycles. The third-order valence-corrected chi connectivity index (χ3v) is 2.10. The molecule has 2 nitrogen and oxygen atoms in total. The quantitative estimate of drug-likeness (QED) is 0.744. The highest BCUT2D eigenvalue weighted by molar-refractivity contribution is 5.72. The Morgan fingerprint density at radius 1 is 0.824 bits per heavy atom. The summed E-state index contributed by atoms with van der Waals surface area (Å²) in [6.07, 6.45) is 0. The van der Waals surface area contributed by atoms with Gasteiger partial charge in [0, 0.05) is 5.56 Å². The number of para-hydroxylation sites is 1. The standard InChI is InChI=1S/C12H10O2.CH2F2/c13-11-8-4-7-10(12(11)14)9-5-2-1-3-6-9;2-1-3/h1-8,13-14H;1H2. The van der Waals surface area contributed by atoms with Crippen LogP contribution in [0.4, 0.5) is 8.78 Å². The maximum Gasteiger partial charge on any atom is 0.229 e. The number of rotatable bonds is 1. The molecule has 0 saturated carbocycles. The fourth-order valence-corrected chi connectivity index (χ4v) is 1.38.